The summed E-state index contributed by atoms with van der Waals surface area (Å²) in [5.41, 5.74) is -0.102. The van der Waals surface area contributed by atoms with Crippen molar-refractivity contribution in [2.45, 2.75) is 39.0 Å². The van der Waals surface area contributed by atoms with Gasteiger partial charge >= 0.3 is 0 Å². The first-order chi connectivity index (χ1) is 12.5. The molecule has 2 unspecified atom stereocenters. The fraction of sp³-hybridized carbons (Fsp3) is 0.667. The van der Waals surface area contributed by atoms with Crippen molar-refractivity contribution in [2.24, 2.45) is 17.8 Å². The average molecular weight is 380 g/mol. The number of aromatic nitrogens is 4. The van der Waals surface area contributed by atoms with Gasteiger partial charge in [0.25, 0.3) is 0 Å². The lowest BCUT2D eigenvalue weighted by Gasteiger charge is -2.48. The summed E-state index contributed by atoms with van der Waals surface area (Å²) in [4.78, 5) is 7.95. The third-order valence-electron chi connectivity index (χ3n) is 5.65. The van der Waals surface area contributed by atoms with E-state index in [1.165, 1.54) is 0 Å². The van der Waals surface area contributed by atoms with Crippen molar-refractivity contribution < 1.29 is 9.26 Å². The molecular formula is C18H26ClN5O2. The Morgan fingerprint density at radius 3 is 2.96 bits per heavy atom. The van der Waals surface area contributed by atoms with E-state index in [4.69, 9.17) is 20.9 Å². The second-order valence-electron chi connectivity index (χ2n) is 7.33. The van der Waals surface area contributed by atoms with Gasteiger partial charge in [0.2, 0.25) is 11.2 Å². The molecule has 0 amide bonds. The summed E-state index contributed by atoms with van der Waals surface area (Å²) >= 11 is 5.82. The smallest absolute Gasteiger partial charge is 0.225 e. The van der Waals surface area contributed by atoms with Gasteiger partial charge in [0.1, 0.15) is 0 Å². The quantitative estimate of drug-likeness (QED) is 0.739. The fourth-order valence-electron chi connectivity index (χ4n) is 4.28. The van der Waals surface area contributed by atoms with Crippen molar-refractivity contribution in [1.29, 1.82) is 0 Å². The van der Waals surface area contributed by atoms with Gasteiger partial charge in [0.05, 0.1) is 12.8 Å². The minimum absolute atomic E-state index is 0.102. The van der Waals surface area contributed by atoms with Crippen LogP contribution in [0.5, 0.6) is 5.88 Å². The molecule has 1 aliphatic rings. The molecule has 3 heterocycles. The summed E-state index contributed by atoms with van der Waals surface area (Å²) in [6, 6.07) is 1.72. The van der Waals surface area contributed by atoms with Gasteiger partial charge in [-0.15, -0.1) is 5.10 Å². The zero-order valence-electron chi connectivity index (χ0n) is 15.5. The molecule has 1 N–H and O–H groups in total. The largest absolute Gasteiger partial charge is 0.478 e. The van der Waals surface area contributed by atoms with Crippen molar-refractivity contribution >= 4 is 11.6 Å². The van der Waals surface area contributed by atoms with Gasteiger partial charge in [-0.2, -0.15) is 4.98 Å². The summed E-state index contributed by atoms with van der Waals surface area (Å²) in [5.74, 6) is 2.67. The van der Waals surface area contributed by atoms with Crippen LogP contribution in [0.25, 0.3) is 0 Å². The zero-order valence-corrected chi connectivity index (χ0v) is 16.2. The number of ether oxygens (including phenoxy) is 1. The first-order valence-electron chi connectivity index (χ1n) is 9.14. The molecule has 0 radical (unpaired) electrons. The number of nitrogens with zero attached hydrogens (tertiary/aromatic N) is 4. The Morgan fingerprint density at radius 1 is 1.42 bits per heavy atom. The molecule has 0 saturated carbocycles. The molecule has 142 valence electrons. The van der Waals surface area contributed by atoms with Gasteiger partial charge in [-0.25, -0.2) is 4.98 Å². The molecule has 8 heteroatoms. The van der Waals surface area contributed by atoms with Crippen LogP contribution in [0.3, 0.4) is 0 Å². The van der Waals surface area contributed by atoms with E-state index in [0.29, 0.717) is 30.2 Å². The van der Waals surface area contributed by atoms with E-state index in [-0.39, 0.29) is 10.7 Å². The summed E-state index contributed by atoms with van der Waals surface area (Å²) in [5, 5.41) is 11.4. The summed E-state index contributed by atoms with van der Waals surface area (Å²) in [6.45, 7) is 9.27. The number of hydrogen-bond acceptors (Lipinski definition) is 7. The van der Waals surface area contributed by atoms with Crippen LogP contribution in [0, 0.1) is 17.8 Å². The van der Waals surface area contributed by atoms with Crippen LogP contribution < -0.4 is 10.1 Å². The minimum atomic E-state index is -0.102. The van der Waals surface area contributed by atoms with Crippen LogP contribution >= 0.6 is 11.6 Å². The normalized spacial score (nSPS) is 24.6. The van der Waals surface area contributed by atoms with Gasteiger partial charge in [-0.3, -0.25) is 0 Å². The monoisotopic (exact) mass is 379 g/mol. The lowest BCUT2D eigenvalue weighted by atomic mass is 9.58. The van der Waals surface area contributed by atoms with Gasteiger partial charge < -0.3 is 14.6 Å². The second kappa shape index (κ2) is 8.31. The van der Waals surface area contributed by atoms with E-state index >= 15 is 0 Å². The molecule has 2 aromatic heterocycles. The minimum Gasteiger partial charge on any atom is -0.478 e. The van der Waals surface area contributed by atoms with Crippen molar-refractivity contribution in [1.82, 2.24) is 25.7 Å². The molecule has 3 atom stereocenters. The molecule has 0 aromatic carbocycles. The SMILES string of the molecule is CC(C)C1CNCC[C@@]1(c1cnno1)C(C)CCOc1ccnc(Cl)n1. The molecule has 1 fully saturated rings. The molecule has 26 heavy (non-hydrogen) atoms. The van der Waals surface area contributed by atoms with Crippen LogP contribution in [0.15, 0.2) is 23.0 Å². The van der Waals surface area contributed by atoms with Crippen molar-refractivity contribution in [3.8, 4) is 5.88 Å². The molecule has 7 nitrogen and oxygen atoms in total. The van der Waals surface area contributed by atoms with E-state index in [0.717, 1.165) is 31.7 Å². The van der Waals surface area contributed by atoms with Crippen molar-refractivity contribution in [3.63, 3.8) is 0 Å². The number of piperidine rings is 1. The van der Waals surface area contributed by atoms with Gasteiger partial charge in [-0.05, 0) is 55.3 Å². The lowest BCUT2D eigenvalue weighted by Crippen LogP contribution is -2.53. The number of hydrogen-bond donors (Lipinski definition) is 1. The van der Waals surface area contributed by atoms with Crippen LogP contribution in [0.2, 0.25) is 5.28 Å². The standard InChI is InChI=1S/C18H26ClN5O2/c1-12(2)14-10-20-8-6-18(14,15-11-22-24-26-15)13(3)5-9-25-16-4-7-21-17(19)23-16/h4,7,11-14,20H,5-6,8-10H2,1-3H3/t13?,14?,18-/m1/s1. The highest BCUT2D eigenvalue weighted by Gasteiger charge is 2.50. The average Bonchev–Trinajstić information content (AvgIpc) is 3.16. The predicted octanol–water partition coefficient (Wildman–Crippen LogP) is 3.12. The highest BCUT2D eigenvalue weighted by Crippen LogP contribution is 2.47. The zero-order chi connectivity index (χ0) is 18.6. The van der Waals surface area contributed by atoms with E-state index in [2.05, 4.69) is 46.4 Å². The Morgan fingerprint density at radius 2 is 2.27 bits per heavy atom. The van der Waals surface area contributed by atoms with E-state index in [9.17, 15) is 0 Å². The maximum absolute atomic E-state index is 5.82. The van der Waals surface area contributed by atoms with Crippen LogP contribution in [0.1, 0.15) is 39.4 Å². The second-order valence-corrected chi connectivity index (χ2v) is 7.67. The van der Waals surface area contributed by atoms with Gasteiger partial charge in [-0.1, -0.05) is 20.8 Å². The molecule has 1 aliphatic heterocycles. The molecule has 2 aromatic rings. The van der Waals surface area contributed by atoms with Gasteiger partial charge in [0.15, 0.2) is 5.76 Å². The molecule has 1 saturated heterocycles. The Balaban J connectivity index is 1.76. The van der Waals surface area contributed by atoms with Crippen LogP contribution in [-0.4, -0.2) is 40.0 Å². The summed E-state index contributed by atoms with van der Waals surface area (Å²) < 4.78 is 11.4. The van der Waals surface area contributed by atoms with Crippen LogP contribution in [-0.2, 0) is 5.41 Å². The summed E-state index contributed by atoms with van der Waals surface area (Å²) in [7, 11) is 0. The third kappa shape index (κ3) is 3.83. The van der Waals surface area contributed by atoms with Crippen LogP contribution in [0.4, 0.5) is 0 Å². The Hall–Kier alpha value is -1.73. The topological polar surface area (TPSA) is 86.0 Å². The highest BCUT2D eigenvalue weighted by molar-refractivity contribution is 6.28. The molecule has 3 rings (SSSR count). The third-order valence-corrected chi connectivity index (χ3v) is 5.83. The van der Waals surface area contributed by atoms with E-state index in [1.54, 1.807) is 18.5 Å². The number of halogens is 1. The van der Waals surface area contributed by atoms with Crippen molar-refractivity contribution in [2.75, 3.05) is 19.7 Å². The Labute approximate surface area is 158 Å². The van der Waals surface area contributed by atoms with Crippen molar-refractivity contribution in [3.05, 3.63) is 29.5 Å². The molecular weight excluding hydrogens is 354 g/mol. The summed E-state index contributed by atoms with van der Waals surface area (Å²) in [6.07, 6.45) is 5.23. The predicted molar refractivity (Wildman–Crippen MR) is 98.1 cm³/mol. The maximum atomic E-state index is 5.82. The molecule has 0 spiro atoms. The van der Waals surface area contributed by atoms with Gasteiger partial charge in [0, 0.05) is 22.9 Å². The maximum Gasteiger partial charge on any atom is 0.225 e. The first-order valence-corrected chi connectivity index (χ1v) is 9.51. The molecule has 0 aliphatic carbocycles. The highest BCUT2D eigenvalue weighted by atomic mass is 35.5. The first kappa shape index (κ1) is 19.0. The lowest BCUT2D eigenvalue weighted by molar-refractivity contribution is 0.0552. The molecule has 0 bridgehead atoms. The van der Waals surface area contributed by atoms with E-state index in [1.807, 2.05) is 0 Å². The fourth-order valence-corrected chi connectivity index (χ4v) is 4.42. The Kier molecular flexibility index (Phi) is 6.09. The Bertz CT molecular complexity index is 697. The number of rotatable bonds is 7. The number of nitrogens with one attached hydrogen (secondary N) is 1. The van der Waals surface area contributed by atoms with E-state index < -0.39 is 0 Å².